The smallest absolute Gasteiger partial charge is 0.317 e. The lowest BCUT2D eigenvalue weighted by Crippen LogP contribution is -2.40. The molecule has 1 aromatic carbocycles. The van der Waals surface area contributed by atoms with Crippen LogP contribution in [0.2, 0.25) is 0 Å². The van der Waals surface area contributed by atoms with Crippen LogP contribution in [0.25, 0.3) is 0 Å². The highest BCUT2D eigenvalue weighted by Crippen LogP contribution is 2.07. The number of likely N-dealkylation sites (N-methyl/N-ethyl adjacent to an activating group) is 1. The van der Waals surface area contributed by atoms with Gasteiger partial charge in [0.15, 0.2) is 0 Å². The topological polar surface area (TPSA) is 67.9 Å². The molecule has 2 amide bonds. The van der Waals surface area contributed by atoms with E-state index in [0.717, 1.165) is 5.75 Å². The molecule has 6 nitrogen and oxygen atoms in total. The number of carbonyl (C=O) groups excluding carboxylic acids is 2. The van der Waals surface area contributed by atoms with Crippen molar-refractivity contribution in [3.05, 3.63) is 30.3 Å². The van der Waals surface area contributed by atoms with E-state index in [0.29, 0.717) is 13.2 Å². The van der Waals surface area contributed by atoms with Crippen LogP contribution < -0.4 is 10.1 Å². The molecule has 0 fully saturated rings. The Kier molecular flexibility index (Phi) is 7.81. The predicted molar refractivity (Wildman–Crippen MR) is 83.8 cm³/mol. The molecule has 6 heteroatoms. The van der Waals surface area contributed by atoms with E-state index < -0.39 is 0 Å². The maximum absolute atomic E-state index is 11.8. The van der Waals surface area contributed by atoms with E-state index in [9.17, 15) is 9.59 Å². The van der Waals surface area contributed by atoms with Gasteiger partial charge in [0.1, 0.15) is 12.4 Å². The number of ether oxygens (including phenoxy) is 2. The molecule has 0 aliphatic carbocycles. The van der Waals surface area contributed by atoms with Crippen molar-refractivity contribution in [2.24, 2.45) is 0 Å². The Hall–Kier alpha value is -2.24. The van der Waals surface area contributed by atoms with Gasteiger partial charge in [-0.3, -0.25) is 4.79 Å². The zero-order chi connectivity index (χ0) is 16.4. The highest BCUT2D eigenvalue weighted by molar-refractivity contribution is 5.75. The van der Waals surface area contributed by atoms with Gasteiger partial charge in [0, 0.05) is 13.6 Å². The van der Waals surface area contributed by atoms with Gasteiger partial charge in [0.2, 0.25) is 0 Å². The molecule has 0 spiro atoms. The van der Waals surface area contributed by atoms with Gasteiger partial charge in [-0.25, -0.2) is 4.79 Å². The summed E-state index contributed by atoms with van der Waals surface area (Å²) in [7, 11) is 1.68. The number of nitrogens with one attached hydrogen (secondary N) is 1. The quantitative estimate of drug-likeness (QED) is 0.746. The lowest BCUT2D eigenvalue weighted by molar-refractivity contribution is -0.147. The number of hydrogen-bond acceptors (Lipinski definition) is 4. The van der Waals surface area contributed by atoms with Crippen LogP contribution in [0.5, 0.6) is 5.75 Å². The van der Waals surface area contributed by atoms with Gasteiger partial charge in [-0.15, -0.1) is 0 Å². The number of benzene rings is 1. The first kappa shape index (κ1) is 17.8. The Labute approximate surface area is 131 Å². The first-order valence-corrected chi connectivity index (χ1v) is 7.35. The summed E-state index contributed by atoms with van der Waals surface area (Å²) < 4.78 is 10.5. The zero-order valence-electron chi connectivity index (χ0n) is 13.4. The molecule has 1 aromatic rings. The van der Waals surface area contributed by atoms with Crippen LogP contribution in [0, 0.1) is 0 Å². The normalized spacial score (nSPS) is 10.2. The largest absolute Gasteiger partial charge is 0.492 e. The highest BCUT2D eigenvalue weighted by atomic mass is 16.5. The van der Waals surface area contributed by atoms with Gasteiger partial charge in [0.25, 0.3) is 0 Å². The fourth-order valence-corrected chi connectivity index (χ4v) is 1.65. The summed E-state index contributed by atoms with van der Waals surface area (Å²) in [5.41, 5.74) is 0. The van der Waals surface area contributed by atoms with Crippen molar-refractivity contribution in [2.45, 2.75) is 26.4 Å². The average Bonchev–Trinajstić information content (AvgIpc) is 2.47. The lowest BCUT2D eigenvalue weighted by atomic mass is 10.3. The summed E-state index contributed by atoms with van der Waals surface area (Å²) in [6.45, 7) is 4.70. The third kappa shape index (κ3) is 7.52. The van der Waals surface area contributed by atoms with Gasteiger partial charge in [0.05, 0.1) is 19.1 Å². The summed E-state index contributed by atoms with van der Waals surface area (Å²) in [5, 5.41) is 2.67. The molecule has 0 saturated carbocycles. The van der Waals surface area contributed by atoms with Crippen molar-refractivity contribution in [1.82, 2.24) is 10.2 Å². The van der Waals surface area contributed by atoms with Crippen LogP contribution in [-0.2, 0) is 9.53 Å². The van der Waals surface area contributed by atoms with Gasteiger partial charge >= 0.3 is 12.0 Å². The highest BCUT2D eigenvalue weighted by Gasteiger charge is 2.10. The maximum atomic E-state index is 11.8. The van der Waals surface area contributed by atoms with Crippen LogP contribution >= 0.6 is 0 Å². The van der Waals surface area contributed by atoms with Crippen molar-refractivity contribution < 1.29 is 19.1 Å². The lowest BCUT2D eigenvalue weighted by Gasteiger charge is -2.18. The number of esters is 1. The summed E-state index contributed by atoms with van der Waals surface area (Å²) in [4.78, 5) is 24.6. The Balaban J connectivity index is 2.15. The Morgan fingerprint density at radius 3 is 2.55 bits per heavy atom. The minimum Gasteiger partial charge on any atom is -0.492 e. The molecule has 0 aliphatic rings. The second kappa shape index (κ2) is 9.65. The summed E-state index contributed by atoms with van der Waals surface area (Å²) in [6, 6.07) is 9.18. The van der Waals surface area contributed by atoms with Crippen molar-refractivity contribution >= 4 is 12.0 Å². The fraction of sp³-hybridized carbons (Fsp3) is 0.500. The number of amides is 2. The molecule has 122 valence electrons. The summed E-state index contributed by atoms with van der Waals surface area (Å²) in [6.07, 6.45) is 0.0270. The van der Waals surface area contributed by atoms with Gasteiger partial charge in [-0.05, 0) is 26.0 Å². The van der Waals surface area contributed by atoms with E-state index in [-0.39, 0.29) is 31.1 Å². The summed E-state index contributed by atoms with van der Waals surface area (Å²) in [5.74, 6) is 0.457. The van der Waals surface area contributed by atoms with E-state index in [1.165, 1.54) is 4.90 Å². The molecule has 0 aliphatic heterocycles. The number of hydrogen-bond donors (Lipinski definition) is 1. The number of nitrogens with zero attached hydrogens (tertiary/aromatic N) is 1. The second-order valence-corrected chi connectivity index (χ2v) is 5.10. The van der Waals surface area contributed by atoms with Crippen LogP contribution in [0.4, 0.5) is 4.79 Å². The van der Waals surface area contributed by atoms with E-state index in [2.05, 4.69) is 5.32 Å². The van der Waals surface area contributed by atoms with Crippen LogP contribution in [0.1, 0.15) is 20.3 Å². The van der Waals surface area contributed by atoms with E-state index in [1.54, 1.807) is 20.9 Å². The molecular weight excluding hydrogens is 284 g/mol. The SMILES string of the molecule is CC(C)OC(=O)CCNC(=O)N(C)CCOc1ccccc1. The van der Waals surface area contributed by atoms with Gasteiger partial charge in [-0.2, -0.15) is 0 Å². The van der Waals surface area contributed by atoms with Crippen LogP contribution in [0.3, 0.4) is 0 Å². The standard InChI is InChI=1S/C16H24N2O4/c1-13(2)22-15(19)9-10-17-16(20)18(3)11-12-21-14-7-5-4-6-8-14/h4-8,13H,9-12H2,1-3H3,(H,17,20). The van der Waals surface area contributed by atoms with Crippen LogP contribution in [-0.4, -0.2) is 49.7 Å². The van der Waals surface area contributed by atoms with Gasteiger partial charge in [-0.1, -0.05) is 18.2 Å². The Morgan fingerprint density at radius 1 is 1.23 bits per heavy atom. The van der Waals surface area contributed by atoms with Crippen LogP contribution in [0.15, 0.2) is 30.3 Å². The molecular formula is C16H24N2O4. The fourth-order valence-electron chi connectivity index (χ4n) is 1.65. The van der Waals surface area contributed by atoms with E-state index >= 15 is 0 Å². The van der Waals surface area contributed by atoms with Gasteiger partial charge < -0.3 is 19.7 Å². The second-order valence-electron chi connectivity index (χ2n) is 5.10. The molecule has 1 rings (SSSR count). The maximum Gasteiger partial charge on any atom is 0.317 e. The summed E-state index contributed by atoms with van der Waals surface area (Å²) >= 11 is 0. The first-order chi connectivity index (χ1) is 10.5. The predicted octanol–water partition coefficient (Wildman–Crippen LogP) is 2.05. The third-order valence-corrected chi connectivity index (χ3v) is 2.76. The molecule has 0 heterocycles. The molecule has 0 unspecified atom stereocenters. The molecule has 0 aromatic heterocycles. The molecule has 22 heavy (non-hydrogen) atoms. The van der Waals surface area contributed by atoms with E-state index in [1.807, 2.05) is 30.3 Å². The molecule has 0 radical (unpaired) electrons. The monoisotopic (exact) mass is 308 g/mol. The van der Waals surface area contributed by atoms with Crippen molar-refractivity contribution in [2.75, 3.05) is 26.7 Å². The number of urea groups is 1. The van der Waals surface area contributed by atoms with Crippen molar-refractivity contribution in [3.8, 4) is 5.75 Å². The van der Waals surface area contributed by atoms with E-state index in [4.69, 9.17) is 9.47 Å². The number of carbonyl (C=O) groups is 2. The minimum atomic E-state index is -0.314. The molecule has 0 bridgehead atoms. The molecule has 0 atom stereocenters. The first-order valence-electron chi connectivity index (χ1n) is 7.35. The number of para-hydroxylation sites is 1. The zero-order valence-corrected chi connectivity index (χ0v) is 13.4. The average molecular weight is 308 g/mol. The Morgan fingerprint density at radius 2 is 1.91 bits per heavy atom. The Bertz CT molecular complexity index is 462. The third-order valence-electron chi connectivity index (χ3n) is 2.76. The molecule has 1 N–H and O–H groups in total. The minimum absolute atomic E-state index is 0.138. The molecule has 0 saturated heterocycles. The van der Waals surface area contributed by atoms with Crippen molar-refractivity contribution in [1.29, 1.82) is 0 Å². The number of rotatable bonds is 8. The van der Waals surface area contributed by atoms with Crippen molar-refractivity contribution in [3.63, 3.8) is 0 Å².